The summed E-state index contributed by atoms with van der Waals surface area (Å²) in [5.41, 5.74) is 2.70. The Morgan fingerprint density at radius 1 is 1.14 bits per heavy atom. The lowest BCUT2D eigenvalue weighted by Crippen LogP contribution is -2.37. The maximum Gasteiger partial charge on any atom is 0.330 e. The Hall–Kier alpha value is -4.27. The van der Waals surface area contributed by atoms with Gasteiger partial charge in [-0.15, -0.1) is 0 Å². The third-order valence-corrected chi connectivity index (χ3v) is 6.47. The number of hydrogen-bond donors (Lipinski definition) is 1. The SMILES string of the molecule is COC(=O)C1CCCn2c(-c3ccnc(NC(C)c4ccccc4)n3)c(-c3ccc(F)cc3)c(=O)n21. The van der Waals surface area contributed by atoms with Crippen molar-refractivity contribution in [1.82, 2.24) is 19.3 Å². The molecule has 3 heterocycles. The van der Waals surface area contributed by atoms with E-state index in [2.05, 4.69) is 10.3 Å². The number of halogens is 1. The summed E-state index contributed by atoms with van der Waals surface area (Å²) >= 11 is 0. The van der Waals surface area contributed by atoms with Crippen molar-refractivity contribution in [2.75, 3.05) is 12.4 Å². The summed E-state index contributed by atoms with van der Waals surface area (Å²) in [7, 11) is 1.31. The summed E-state index contributed by atoms with van der Waals surface area (Å²) < 4.78 is 21.9. The summed E-state index contributed by atoms with van der Waals surface area (Å²) in [5, 5.41) is 3.32. The van der Waals surface area contributed by atoms with Crippen LogP contribution in [0.2, 0.25) is 0 Å². The number of methoxy groups -OCH3 is 1. The number of nitrogens with one attached hydrogen (secondary N) is 1. The molecule has 5 rings (SSSR count). The molecule has 8 nitrogen and oxygen atoms in total. The monoisotopic (exact) mass is 487 g/mol. The molecule has 1 aliphatic heterocycles. The molecule has 36 heavy (non-hydrogen) atoms. The predicted molar refractivity (Wildman–Crippen MR) is 134 cm³/mol. The Balaban J connectivity index is 1.65. The molecule has 0 amide bonds. The first-order valence-electron chi connectivity index (χ1n) is 11.8. The maximum atomic E-state index is 13.8. The molecule has 4 aromatic rings. The van der Waals surface area contributed by atoms with Crippen molar-refractivity contribution >= 4 is 11.9 Å². The first-order chi connectivity index (χ1) is 17.5. The first-order valence-corrected chi connectivity index (χ1v) is 11.8. The normalized spacial score (nSPS) is 15.7. The molecule has 9 heteroatoms. The largest absolute Gasteiger partial charge is 0.467 e. The zero-order chi connectivity index (χ0) is 25.2. The maximum absolute atomic E-state index is 13.8. The van der Waals surface area contributed by atoms with Gasteiger partial charge in [-0.1, -0.05) is 42.5 Å². The molecule has 0 fully saturated rings. The minimum absolute atomic E-state index is 0.0487. The second-order valence-corrected chi connectivity index (χ2v) is 8.73. The number of nitrogens with zero attached hydrogens (tertiary/aromatic N) is 4. The van der Waals surface area contributed by atoms with Crippen LogP contribution in [0, 0.1) is 5.82 Å². The van der Waals surface area contributed by atoms with E-state index in [9.17, 15) is 14.0 Å². The van der Waals surface area contributed by atoms with Crippen LogP contribution in [0.1, 0.15) is 37.4 Å². The number of ether oxygens (including phenoxy) is 1. The van der Waals surface area contributed by atoms with Crippen LogP contribution < -0.4 is 10.9 Å². The highest BCUT2D eigenvalue weighted by atomic mass is 19.1. The first kappa shape index (κ1) is 23.5. The van der Waals surface area contributed by atoms with E-state index >= 15 is 0 Å². The minimum Gasteiger partial charge on any atom is -0.467 e. The second-order valence-electron chi connectivity index (χ2n) is 8.73. The number of hydrogen-bond acceptors (Lipinski definition) is 6. The average Bonchev–Trinajstić information content (AvgIpc) is 3.21. The smallest absolute Gasteiger partial charge is 0.330 e. The van der Waals surface area contributed by atoms with Gasteiger partial charge >= 0.3 is 5.97 Å². The third-order valence-electron chi connectivity index (χ3n) is 6.47. The molecule has 1 N–H and O–H groups in total. The van der Waals surface area contributed by atoms with Gasteiger partial charge in [0.15, 0.2) is 6.04 Å². The standard InChI is InChI=1S/C27H26FN5O3/c1-17(18-7-4-3-5-8-18)30-27-29-15-14-21(31-27)24-23(19-10-12-20(28)13-11-19)25(34)33-22(26(35)36-2)9-6-16-32(24)33/h3-5,7-8,10-15,17,22H,6,9,16H2,1-2H3,(H,29,30,31). The van der Waals surface area contributed by atoms with Gasteiger partial charge in [0.05, 0.1) is 30.1 Å². The fraction of sp³-hybridized carbons (Fsp3) is 0.259. The van der Waals surface area contributed by atoms with E-state index in [4.69, 9.17) is 9.72 Å². The van der Waals surface area contributed by atoms with Crippen molar-refractivity contribution in [3.63, 3.8) is 0 Å². The van der Waals surface area contributed by atoms with E-state index in [0.717, 1.165) is 5.56 Å². The quantitative estimate of drug-likeness (QED) is 0.400. The Kier molecular flexibility index (Phi) is 6.37. The Labute approximate surface area is 207 Å². The number of anilines is 1. The van der Waals surface area contributed by atoms with Crippen molar-refractivity contribution in [1.29, 1.82) is 0 Å². The van der Waals surface area contributed by atoms with E-state index in [1.165, 1.54) is 23.9 Å². The van der Waals surface area contributed by atoms with Crippen LogP contribution >= 0.6 is 0 Å². The van der Waals surface area contributed by atoms with Gasteiger partial charge in [-0.2, -0.15) is 0 Å². The van der Waals surface area contributed by atoms with Crippen LogP contribution in [0.5, 0.6) is 0 Å². The lowest BCUT2D eigenvalue weighted by molar-refractivity contribution is -0.146. The highest BCUT2D eigenvalue weighted by molar-refractivity contribution is 5.81. The van der Waals surface area contributed by atoms with E-state index in [1.54, 1.807) is 29.1 Å². The Bertz CT molecular complexity index is 1450. The van der Waals surface area contributed by atoms with Gasteiger partial charge in [-0.3, -0.25) is 9.48 Å². The van der Waals surface area contributed by atoms with E-state index in [-0.39, 0.29) is 11.6 Å². The van der Waals surface area contributed by atoms with Gasteiger partial charge in [-0.05, 0) is 49.1 Å². The number of carbonyl (C=O) groups is 1. The number of benzene rings is 2. The molecule has 0 aliphatic carbocycles. The topological polar surface area (TPSA) is 91.0 Å². The van der Waals surface area contributed by atoms with Crippen molar-refractivity contribution in [3.8, 4) is 22.5 Å². The molecule has 0 spiro atoms. The third kappa shape index (κ3) is 4.28. The molecule has 0 saturated carbocycles. The summed E-state index contributed by atoms with van der Waals surface area (Å²) in [5.74, 6) is -0.475. The Morgan fingerprint density at radius 3 is 2.61 bits per heavy atom. The van der Waals surface area contributed by atoms with Crippen LogP contribution in [0.15, 0.2) is 71.7 Å². The number of carbonyl (C=O) groups excluding carboxylic acids is 1. The van der Waals surface area contributed by atoms with Crippen LogP contribution in [0.3, 0.4) is 0 Å². The molecule has 184 valence electrons. The summed E-state index contributed by atoms with van der Waals surface area (Å²) in [6.07, 6.45) is 2.81. The molecule has 0 saturated heterocycles. The summed E-state index contributed by atoms with van der Waals surface area (Å²) in [6, 6.07) is 16.6. The lowest BCUT2D eigenvalue weighted by atomic mass is 10.0. The van der Waals surface area contributed by atoms with E-state index < -0.39 is 17.8 Å². The van der Waals surface area contributed by atoms with Gasteiger partial charge in [-0.25, -0.2) is 23.8 Å². The average molecular weight is 488 g/mol. The molecular formula is C27H26FN5O3. The molecule has 0 radical (unpaired) electrons. The van der Waals surface area contributed by atoms with Crippen molar-refractivity contribution in [2.24, 2.45) is 0 Å². The summed E-state index contributed by atoms with van der Waals surface area (Å²) in [4.78, 5) is 35.4. The zero-order valence-electron chi connectivity index (χ0n) is 20.0. The zero-order valence-corrected chi connectivity index (χ0v) is 20.0. The van der Waals surface area contributed by atoms with Gasteiger partial charge in [0.1, 0.15) is 5.82 Å². The molecular weight excluding hydrogens is 461 g/mol. The molecule has 1 aliphatic rings. The van der Waals surface area contributed by atoms with Gasteiger partial charge in [0.25, 0.3) is 5.56 Å². The minimum atomic E-state index is -0.748. The fourth-order valence-corrected chi connectivity index (χ4v) is 4.72. The highest BCUT2D eigenvalue weighted by Crippen LogP contribution is 2.34. The predicted octanol–water partition coefficient (Wildman–Crippen LogP) is 4.59. The van der Waals surface area contributed by atoms with Crippen molar-refractivity contribution in [3.05, 3.63) is 88.6 Å². The lowest BCUT2D eigenvalue weighted by Gasteiger charge is -2.26. The molecule has 0 bridgehead atoms. The van der Waals surface area contributed by atoms with Gasteiger partial charge in [0, 0.05) is 12.7 Å². The Morgan fingerprint density at radius 2 is 1.89 bits per heavy atom. The molecule has 2 atom stereocenters. The molecule has 2 aromatic heterocycles. The number of rotatable bonds is 6. The number of aromatic nitrogens is 4. The van der Waals surface area contributed by atoms with E-state index in [1.807, 2.05) is 37.3 Å². The number of fused-ring (bicyclic) bond motifs is 1. The van der Waals surface area contributed by atoms with Gasteiger partial charge in [0.2, 0.25) is 5.95 Å². The van der Waals surface area contributed by atoms with Gasteiger partial charge < -0.3 is 10.1 Å². The highest BCUT2D eigenvalue weighted by Gasteiger charge is 2.34. The number of esters is 1. The van der Waals surface area contributed by atoms with Crippen LogP contribution in [-0.2, 0) is 16.1 Å². The van der Waals surface area contributed by atoms with Crippen molar-refractivity contribution in [2.45, 2.75) is 38.4 Å². The van der Waals surface area contributed by atoms with Crippen LogP contribution in [-0.4, -0.2) is 32.4 Å². The summed E-state index contributed by atoms with van der Waals surface area (Å²) in [6.45, 7) is 2.54. The molecule has 2 aromatic carbocycles. The van der Waals surface area contributed by atoms with Crippen LogP contribution in [0.25, 0.3) is 22.5 Å². The van der Waals surface area contributed by atoms with Crippen molar-refractivity contribution < 1.29 is 13.9 Å². The van der Waals surface area contributed by atoms with E-state index in [0.29, 0.717) is 47.8 Å². The molecule has 2 unspecified atom stereocenters. The fourth-order valence-electron chi connectivity index (χ4n) is 4.72. The second kappa shape index (κ2) is 9.77. The van der Waals surface area contributed by atoms with Crippen LogP contribution in [0.4, 0.5) is 10.3 Å².